The highest BCUT2D eigenvalue weighted by Gasteiger charge is 2.24. The Morgan fingerprint density at radius 1 is 1.17 bits per heavy atom. The molecule has 0 saturated heterocycles. The SMILES string of the molecule is CCOC(=O)c1c(-c2ccccc2)nc2c(OCC)nc(Br)cn12. The molecule has 0 aliphatic rings. The Kier molecular flexibility index (Phi) is 4.80. The second kappa shape index (κ2) is 7.00. The molecule has 0 amide bonds. The minimum Gasteiger partial charge on any atom is -0.475 e. The van der Waals surface area contributed by atoms with Crippen molar-refractivity contribution in [2.24, 2.45) is 0 Å². The number of benzene rings is 1. The molecular formula is C17H16BrN3O3. The van der Waals surface area contributed by atoms with E-state index < -0.39 is 5.97 Å². The molecule has 3 aromatic rings. The van der Waals surface area contributed by atoms with Gasteiger partial charge in [-0.25, -0.2) is 14.8 Å². The summed E-state index contributed by atoms with van der Waals surface area (Å²) >= 11 is 3.35. The summed E-state index contributed by atoms with van der Waals surface area (Å²) in [4.78, 5) is 21.4. The number of halogens is 1. The van der Waals surface area contributed by atoms with Crippen molar-refractivity contribution in [3.8, 4) is 17.1 Å². The molecule has 0 aliphatic carbocycles. The number of fused-ring (bicyclic) bond motifs is 1. The Labute approximate surface area is 147 Å². The van der Waals surface area contributed by atoms with E-state index in [0.29, 0.717) is 34.1 Å². The van der Waals surface area contributed by atoms with E-state index in [-0.39, 0.29) is 6.61 Å². The van der Waals surface area contributed by atoms with Crippen LogP contribution in [0.3, 0.4) is 0 Å². The molecule has 0 fully saturated rings. The molecule has 7 heteroatoms. The van der Waals surface area contributed by atoms with Crippen LogP contribution in [-0.4, -0.2) is 33.6 Å². The van der Waals surface area contributed by atoms with E-state index in [4.69, 9.17) is 9.47 Å². The van der Waals surface area contributed by atoms with Crippen molar-refractivity contribution in [1.82, 2.24) is 14.4 Å². The fourth-order valence-electron chi connectivity index (χ4n) is 2.42. The van der Waals surface area contributed by atoms with Gasteiger partial charge in [0.2, 0.25) is 5.65 Å². The van der Waals surface area contributed by atoms with Gasteiger partial charge in [-0.05, 0) is 29.8 Å². The van der Waals surface area contributed by atoms with E-state index in [1.165, 1.54) is 0 Å². The van der Waals surface area contributed by atoms with Crippen LogP contribution in [0, 0.1) is 0 Å². The van der Waals surface area contributed by atoms with Gasteiger partial charge in [0.15, 0.2) is 5.69 Å². The summed E-state index contributed by atoms with van der Waals surface area (Å²) in [6.45, 7) is 4.37. The largest absolute Gasteiger partial charge is 0.475 e. The average Bonchev–Trinajstić information content (AvgIpc) is 2.95. The standard InChI is InChI=1S/C17H16BrN3O3/c1-3-23-16-15-20-13(11-8-6-5-7-9-11)14(17(22)24-4-2)21(15)10-12(18)19-16/h5-10H,3-4H2,1-2H3. The van der Waals surface area contributed by atoms with Crippen molar-refractivity contribution >= 4 is 27.5 Å². The molecule has 0 radical (unpaired) electrons. The number of ether oxygens (including phenoxy) is 2. The first-order valence-electron chi connectivity index (χ1n) is 7.59. The topological polar surface area (TPSA) is 65.7 Å². The normalized spacial score (nSPS) is 10.8. The van der Waals surface area contributed by atoms with Crippen LogP contribution in [0.1, 0.15) is 24.3 Å². The summed E-state index contributed by atoms with van der Waals surface area (Å²) in [5.74, 6) is -0.0796. The highest BCUT2D eigenvalue weighted by atomic mass is 79.9. The molecule has 0 bridgehead atoms. The molecule has 124 valence electrons. The Bertz CT molecular complexity index is 878. The lowest BCUT2D eigenvalue weighted by Gasteiger charge is -2.07. The third-order valence-electron chi connectivity index (χ3n) is 3.34. The van der Waals surface area contributed by atoms with Crippen molar-refractivity contribution < 1.29 is 14.3 Å². The van der Waals surface area contributed by atoms with Gasteiger partial charge < -0.3 is 9.47 Å². The second-order valence-electron chi connectivity index (χ2n) is 4.89. The molecule has 3 rings (SSSR count). The van der Waals surface area contributed by atoms with E-state index in [2.05, 4.69) is 25.9 Å². The van der Waals surface area contributed by atoms with Gasteiger partial charge in [0.05, 0.1) is 13.2 Å². The Morgan fingerprint density at radius 3 is 2.58 bits per heavy atom. The van der Waals surface area contributed by atoms with E-state index in [1.54, 1.807) is 17.5 Å². The smallest absolute Gasteiger partial charge is 0.357 e. The number of nitrogens with zero attached hydrogens (tertiary/aromatic N) is 3. The predicted molar refractivity (Wildman–Crippen MR) is 93.2 cm³/mol. The van der Waals surface area contributed by atoms with Crippen LogP contribution in [0.5, 0.6) is 5.88 Å². The van der Waals surface area contributed by atoms with Gasteiger partial charge in [0, 0.05) is 11.8 Å². The van der Waals surface area contributed by atoms with Gasteiger partial charge in [0.1, 0.15) is 10.3 Å². The van der Waals surface area contributed by atoms with Crippen LogP contribution in [-0.2, 0) is 4.74 Å². The number of rotatable bonds is 5. The number of carbonyl (C=O) groups is 1. The Hall–Kier alpha value is -2.41. The minimum atomic E-state index is -0.440. The number of imidazole rings is 1. The quantitative estimate of drug-likeness (QED) is 0.621. The molecule has 1 aromatic carbocycles. The van der Waals surface area contributed by atoms with E-state index in [1.807, 2.05) is 37.3 Å². The van der Waals surface area contributed by atoms with Crippen molar-refractivity contribution in [3.63, 3.8) is 0 Å². The van der Waals surface area contributed by atoms with Crippen LogP contribution in [0.25, 0.3) is 16.9 Å². The second-order valence-corrected chi connectivity index (χ2v) is 5.70. The summed E-state index contributed by atoms with van der Waals surface area (Å²) in [7, 11) is 0. The molecule has 6 nitrogen and oxygen atoms in total. The van der Waals surface area contributed by atoms with Crippen molar-refractivity contribution in [2.75, 3.05) is 13.2 Å². The zero-order valence-corrected chi connectivity index (χ0v) is 14.9. The summed E-state index contributed by atoms with van der Waals surface area (Å²) < 4.78 is 13.0. The number of hydrogen-bond acceptors (Lipinski definition) is 5. The monoisotopic (exact) mass is 389 g/mol. The lowest BCUT2D eigenvalue weighted by Crippen LogP contribution is -2.10. The molecule has 0 saturated carbocycles. The summed E-state index contributed by atoms with van der Waals surface area (Å²) in [5, 5.41) is 0. The first-order chi connectivity index (χ1) is 11.7. The average molecular weight is 390 g/mol. The molecule has 0 unspecified atom stereocenters. The van der Waals surface area contributed by atoms with Gasteiger partial charge in [-0.15, -0.1) is 0 Å². The molecule has 2 aromatic heterocycles. The zero-order chi connectivity index (χ0) is 17.1. The third-order valence-corrected chi connectivity index (χ3v) is 3.73. The van der Waals surface area contributed by atoms with E-state index in [9.17, 15) is 4.79 Å². The number of aromatic nitrogens is 3. The Balaban J connectivity index is 2.32. The van der Waals surface area contributed by atoms with E-state index >= 15 is 0 Å². The van der Waals surface area contributed by atoms with E-state index in [0.717, 1.165) is 5.56 Å². The fourth-order valence-corrected chi connectivity index (χ4v) is 2.78. The summed E-state index contributed by atoms with van der Waals surface area (Å²) in [6.07, 6.45) is 1.68. The zero-order valence-electron chi connectivity index (χ0n) is 13.3. The van der Waals surface area contributed by atoms with Crippen LogP contribution < -0.4 is 4.74 Å². The highest BCUT2D eigenvalue weighted by Crippen LogP contribution is 2.29. The van der Waals surface area contributed by atoms with Gasteiger partial charge >= 0.3 is 5.97 Å². The van der Waals surface area contributed by atoms with Gasteiger partial charge in [-0.3, -0.25) is 4.40 Å². The molecule has 0 N–H and O–H groups in total. The predicted octanol–water partition coefficient (Wildman–Crippen LogP) is 3.73. The molecule has 0 atom stereocenters. The number of hydrogen-bond donors (Lipinski definition) is 0. The first kappa shape index (κ1) is 16.4. The Morgan fingerprint density at radius 2 is 1.92 bits per heavy atom. The maximum Gasteiger partial charge on any atom is 0.357 e. The highest BCUT2D eigenvalue weighted by molar-refractivity contribution is 9.10. The van der Waals surface area contributed by atoms with Crippen LogP contribution in [0.4, 0.5) is 0 Å². The maximum atomic E-state index is 12.5. The third kappa shape index (κ3) is 2.99. The lowest BCUT2D eigenvalue weighted by atomic mass is 10.1. The summed E-state index contributed by atoms with van der Waals surface area (Å²) in [6, 6.07) is 9.49. The maximum absolute atomic E-state index is 12.5. The molecule has 24 heavy (non-hydrogen) atoms. The van der Waals surface area contributed by atoms with Gasteiger partial charge in [-0.1, -0.05) is 30.3 Å². The van der Waals surface area contributed by atoms with Gasteiger partial charge in [0.25, 0.3) is 5.88 Å². The van der Waals surface area contributed by atoms with Crippen LogP contribution >= 0.6 is 15.9 Å². The van der Waals surface area contributed by atoms with Crippen molar-refractivity contribution in [2.45, 2.75) is 13.8 Å². The first-order valence-corrected chi connectivity index (χ1v) is 8.39. The van der Waals surface area contributed by atoms with Crippen LogP contribution in [0.2, 0.25) is 0 Å². The molecule has 0 aliphatic heterocycles. The fraction of sp³-hybridized carbons (Fsp3) is 0.235. The summed E-state index contributed by atoms with van der Waals surface area (Å²) in [5.41, 5.74) is 2.18. The van der Waals surface area contributed by atoms with Crippen LogP contribution in [0.15, 0.2) is 41.1 Å². The van der Waals surface area contributed by atoms with Crippen molar-refractivity contribution in [1.29, 1.82) is 0 Å². The minimum absolute atomic E-state index is 0.283. The molecule has 0 spiro atoms. The lowest BCUT2D eigenvalue weighted by molar-refractivity contribution is 0.0519. The molecule has 2 heterocycles. The number of carbonyl (C=O) groups excluding carboxylic acids is 1. The molecular weight excluding hydrogens is 374 g/mol. The number of esters is 1. The van der Waals surface area contributed by atoms with Gasteiger partial charge in [-0.2, -0.15) is 0 Å². The van der Waals surface area contributed by atoms with Crippen molar-refractivity contribution in [3.05, 3.63) is 46.8 Å².